The predicted molar refractivity (Wildman–Crippen MR) is 185 cm³/mol. The van der Waals surface area contributed by atoms with Crippen LogP contribution in [0.5, 0.6) is 0 Å². The zero-order chi connectivity index (χ0) is 33.3. The van der Waals surface area contributed by atoms with Crippen LogP contribution in [-0.4, -0.2) is 44.3 Å². The molecule has 7 nitrogen and oxygen atoms in total. The van der Waals surface area contributed by atoms with Gasteiger partial charge in [0.2, 0.25) is 11.8 Å². The molecule has 0 fully saturated rings. The number of nitrogens with one attached hydrogen (secondary N) is 1. The van der Waals surface area contributed by atoms with E-state index < -0.39 is 28.5 Å². The average Bonchev–Trinajstić information content (AvgIpc) is 3.05. The van der Waals surface area contributed by atoms with Gasteiger partial charge < -0.3 is 10.2 Å². The monoisotopic (exact) mass is 639 g/mol. The molecule has 0 bridgehead atoms. The predicted octanol–water partition coefficient (Wildman–Crippen LogP) is 6.79. The van der Waals surface area contributed by atoms with Crippen LogP contribution in [0.2, 0.25) is 0 Å². The first-order valence-electron chi connectivity index (χ1n) is 15.9. The van der Waals surface area contributed by atoms with E-state index in [1.54, 1.807) is 36.4 Å². The molecule has 0 unspecified atom stereocenters. The molecule has 0 saturated carbocycles. The van der Waals surface area contributed by atoms with E-state index in [1.165, 1.54) is 4.90 Å². The highest BCUT2D eigenvalue weighted by molar-refractivity contribution is 7.92. The van der Waals surface area contributed by atoms with Gasteiger partial charge in [-0.15, -0.1) is 0 Å². The topological polar surface area (TPSA) is 86.8 Å². The van der Waals surface area contributed by atoms with Gasteiger partial charge in [-0.25, -0.2) is 8.42 Å². The Morgan fingerprint density at radius 1 is 0.761 bits per heavy atom. The molecule has 46 heavy (non-hydrogen) atoms. The summed E-state index contributed by atoms with van der Waals surface area (Å²) in [4.78, 5) is 29.9. The lowest BCUT2D eigenvalue weighted by Crippen LogP contribution is -2.53. The molecule has 0 aliphatic carbocycles. The van der Waals surface area contributed by atoms with Crippen molar-refractivity contribution < 1.29 is 18.0 Å². The van der Waals surface area contributed by atoms with Crippen molar-refractivity contribution in [2.75, 3.05) is 17.4 Å². The molecule has 1 atom stereocenters. The van der Waals surface area contributed by atoms with E-state index >= 15 is 0 Å². The summed E-state index contributed by atoms with van der Waals surface area (Å²) in [5.74, 6) is -0.500. The Bertz CT molecular complexity index is 1690. The lowest BCUT2D eigenvalue weighted by molar-refractivity contribution is -0.140. The first-order chi connectivity index (χ1) is 22.0. The van der Waals surface area contributed by atoms with Gasteiger partial charge >= 0.3 is 0 Å². The quantitative estimate of drug-likeness (QED) is 0.165. The van der Waals surface area contributed by atoms with Crippen LogP contribution in [0.4, 0.5) is 5.69 Å². The van der Waals surface area contributed by atoms with Crippen molar-refractivity contribution in [3.8, 4) is 0 Å². The normalized spacial score (nSPS) is 12.0. The number of hydrogen-bond acceptors (Lipinski definition) is 4. The summed E-state index contributed by atoms with van der Waals surface area (Å²) in [6.07, 6.45) is 1.02. The molecule has 0 spiro atoms. The third-order valence-electron chi connectivity index (χ3n) is 8.03. The van der Waals surface area contributed by atoms with E-state index in [0.29, 0.717) is 12.2 Å². The molecule has 4 rings (SSSR count). The van der Waals surface area contributed by atoms with Gasteiger partial charge in [0, 0.05) is 19.5 Å². The van der Waals surface area contributed by atoms with Gasteiger partial charge in [0.05, 0.1) is 10.6 Å². The molecule has 0 aliphatic rings. The number of anilines is 1. The lowest BCUT2D eigenvalue weighted by atomic mass is 10.0. The summed E-state index contributed by atoms with van der Waals surface area (Å²) in [5.41, 5.74) is 5.17. The van der Waals surface area contributed by atoms with Gasteiger partial charge in [0.15, 0.2) is 0 Å². The molecular weight excluding hydrogens is 595 g/mol. The van der Waals surface area contributed by atoms with Crippen molar-refractivity contribution in [3.63, 3.8) is 0 Å². The molecular formula is C38H45N3O4S. The van der Waals surface area contributed by atoms with Crippen LogP contribution >= 0.6 is 0 Å². The Labute approximate surface area is 274 Å². The zero-order valence-corrected chi connectivity index (χ0v) is 28.3. The maximum atomic E-state index is 14.6. The fraction of sp³-hybridized carbons (Fsp3) is 0.316. The number of sulfonamides is 1. The highest BCUT2D eigenvalue weighted by Crippen LogP contribution is 2.27. The average molecular weight is 640 g/mol. The minimum absolute atomic E-state index is 0.0884. The van der Waals surface area contributed by atoms with Gasteiger partial charge in [0.1, 0.15) is 12.6 Å². The van der Waals surface area contributed by atoms with Crippen molar-refractivity contribution in [3.05, 3.63) is 131 Å². The maximum Gasteiger partial charge on any atom is 0.264 e. The van der Waals surface area contributed by atoms with Gasteiger partial charge in [-0.1, -0.05) is 111 Å². The van der Waals surface area contributed by atoms with Crippen molar-refractivity contribution in [1.29, 1.82) is 0 Å². The van der Waals surface area contributed by atoms with E-state index in [2.05, 4.69) is 19.2 Å². The standard InChI is InChI=1S/C38H45N3O4S/c1-6-24-39-38(43)36(25-31-10-8-7-9-11-31)40(26-32-16-12-29(4)13-17-32)37(42)27-41(34-20-18-33(19-21-34)28(2)3)46(44,45)35-22-14-30(5)15-23-35/h7-23,28,36H,6,24-27H2,1-5H3,(H,39,43)/t36-/m1/s1. The number of benzene rings is 4. The molecule has 4 aromatic carbocycles. The van der Waals surface area contributed by atoms with Gasteiger partial charge in [-0.05, 0) is 67.1 Å². The summed E-state index contributed by atoms with van der Waals surface area (Å²) in [6, 6.07) is 30.4. The lowest BCUT2D eigenvalue weighted by Gasteiger charge is -2.34. The van der Waals surface area contributed by atoms with Crippen LogP contribution < -0.4 is 9.62 Å². The van der Waals surface area contributed by atoms with Crippen LogP contribution in [0, 0.1) is 13.8 Å². The van der Waals surface area contributed by atoms with Crippen molar-refractivity contribution in [2.45, 2.75) is 70.9 Å². The molecule has 0 aromatic heterocycles. The first kappa shape index (κ1) is 34.4. The fourth-order valence-electron chi connectivity index (χ4n) is 5.20. The molecule has 4 aromatic rings. The van der Waals surface area contributed by atoms with Crippen LogP contribution in [0.25, 0.3) is 0 Å². The van der Waals surface area contributed by atoms with E-state index in [0.717, 1.165) is 38.5 Å². The summed E-state index contributed by atoms with van der Waals surface area (Å²) in [7, 11) is -4.14. The van der Waals surface area contributed by atoms with Crippen molar-refractivity contribution >= 4 is 27.5 Å². The number of carbonyl (C=O) groups excluding carboxylic acids is 2. The first-order valence-corrected chi connectivity index (χ1v) is 17.3. The second-order valence-corrected chi connectivity index (χ2v) is 13.9. The number of rotatable bonds is 14. The molecule has 0 radical (unpaired) electrons. The maximum absolute atomic E-state index is 14.6. The van der Waals surface area contributed by atoms with Crippen LogP contribution in [0.1, 0.15) is 60.9 Å². The van der Waals surface area contributed by atoms with Crippen LogP contribution in [-0.2, 0) is 32.6 Å². The summed E-state index contributed by atoms with van der Waals surface area (Å²) in [5, 5.41) is 2.98. The fourth-order valence-corrected chi connectivity index (χ4v) is 6.62. The Hall–Kier alpha value is -4.43. The highest BCUT2D eigenvalue weighted by Gasteiger charge is 2.34. The Kier molecular flexibility index (Phi) is 11.8. The van der Waals surface area contributed by atoms with E-state index in [1.807, 2.05) is 87.5 Å². The minimum atomic E-state index is -4.14. The number of carbonyl (C=O) groups is 2. The second-order valence-electron chi connectivity index (χ2n) is 12.1. The van der Waals surface area contributed by atoms with Crippen LogP contribution in [0.3, 0.4) is 0 Å². The van der Waals surface area contributed by atoms with E-state index in [9.17, 15) is 18.0 Å². The smallest absolute Gasteiger partial charge is 0.264 e. The molecule has 0 heterocycles. The largest absolute Gasteiger partial charge is 0.354 e. The summed E-state index contributed by atoms with van der Waals surface area (Å²) >= 11 is 0. The molecule has 1 N–H and O–H groups in total. The van der Waals surface area contributed by atoms with Gasteiger partial charge in [-0.3, -0.25) is 13.9 Å². The third kappa shape index (κ3) is 8.85. The highest BCUT2D eigenvalue weighted by atomic mass is 32.2. The Morgan fingerprint density at radius 2 is 1.35 bits per heavy atom. The second kappa shape index (κ2) is 15.7. The number of amides is 2. The molecule has 242 valence electrons. The zero-order valence-electron chi connectivity index (χ0n) is 27.4. The van der Waals surface area contributed by atoms with Gasteiger partial charge in [0.25, 0.3) is 10.0 Å². The molecule has 0 aliphatic heterocycles. The van der Waals surface area contributed by atoms with Crippen molar-refractivity contribution in [2.24, 2.45) is 0 Å². The van der Waals surface area contributed by atoms with Crippen molar-refractivity contribution in [1.82, 2.24) is 10.2 Å². The molecule has 0 saturated heterocycles. The molecule has 2 amide bonds. The minimum Gasteiger partial charge on any atom is -0.354 e. The molecule has 8 heteroatoms. The Morgan fingerprint density at radius 3 is 1.91 bits per heavy atom. The third-order valence-corrected chi connectivity index (χ3v) is 9.82. The number of nitrogens with zero attached hydrogens (tertiary/aromatic N) is 2. The Balaban J connectivity index is 1.80. The number of hydrogen-bond donors (Lipinski definition) is 1. The van der Waals surface area contributed by atoms with E-state index in [4.69, 9.17) is 0 Å². The van der Waals surface area contributed by atoms with Gasteiger partial charge in [-0.2, -0.15) is 0 Å². The summed E-state index contributed by atoms with van der Waals surface area (Å²) in [6.45, 7) is 10.1. The van der Waals surface area contributed by atoms with Crippen LogP contribution in [0.15, 0.2) is 108 Å². The number of aryl methyl sites for hydroxylation is 2. The summed E-state index contributed by atoms with van der Waals surface area (Å²) < 4.78 is 29.6. The SMILES string of the molecule is CCCNC(=O)[C@@H](Cc1ccccc1)N(Cc1ccc(C)cc1)C(=O)CN(c1ccc(C(C)C)cc1)S(=O)(=O)c1ccc(C)cc1. The van der Waals surface area contributed by atoms with E-state index in [-0.39, 0.29) is 29.7 Å².